The van der Waals surface area contributed by atoms with Gasteiger partial charge in [0.2, 0.25) is 0 Å². The molecule has 2 aliphatic rings. The summed E-state index contributed by atoms with van der Waals surface area (Å²) in [5.74, 6) is 2.04. The zero-order valence-corrected chi connectivity index (χ0v) is 5.84. The summed E-state index contributed by atoms with van der Waals surface area (Å²) < 4.78 is 0. The van der Waals surface area contributed by atoms with E-state index in [1.54, 1.807) is 0 Å². The summed E-state index contributed by atoms with van der Waals surface area (Å²) in [5, 5.41) is 0. The molecule has 2 fully saturated rings. The van der Waals surface area contributed by atoms with Crippen LogP contribution in [-0.4, -0.2) is 0 Å². The van der Waals surface area contributed by atoms with Crippen LogP contribution in [0.4, 0.5) is 0 Å². The highest BCUT2D eigenvalue weighted by atomic mass is 14.3. The fourth-order valence-electron chi connectivity index (χ4n) is 2.21. The van der Waals surface area contributed by atoms with E-state index in [2.05, 4.69) is 12.8 Å². The molecule has 9 heavy (non-hydrogen) atoms. The second-order valence-electron chi connectivity index (χ2n) is 3.37. The normalized spacial score (nSPS) is 42.7. The molecule has 0 nitrogen and oxygen atoms in total. The highest BCUT2D eigenvalue weighted by Gasteiger charge is 2.29. The zero-order chi connectivity index (χ0) is 6.10. The predicted octanol–water partition coefficient (Wildman–Crippen LogP) is 2.61. The van der Waals surface area contributed by atoms with Crippen LogP contribution in [0.5, 0.6) is 0 Å². The van der Waals surface area contributed by atoms with Crippen LogP contribution in [0.2, 0.25) is 0 Å². The van der Waals surface area contributed by atoms with Gasteiger partial charge in [-0.05, 0) is 37.5 Å². The maximum absolute atomic E-state index is 2.43. The van der Waals surface area contributed by atoms with Gasteiger partial charge < -0.3 is 0 Å². The summed E-state index contributed by atoms with van der Waals surface area (Å²) >= 11 is 0. The van der Waals surface area contributed by atoms with Gasteiger partial charge in [-0.3, -0.25) is 0 Å². The molecular weight excluding hydrogens is 108 g/mol. The van der Waals surface area contributed by atoms with E-state index in [0.717, 1.165) is 11.8 Å². The molecule has 0 aromatic carbocycles. The van der Waals surface area contributed by atoms with Gasteiger partial charge in [-0.1, -0.05) is 19.3 Å². The van der Waals surface area contributed by atoms with E-state index in [-0.39, 0.29) is 0 Å². The van der Waals surface area contributed by atoms with Crippen molar-refractivity contribution >= 4 is 0 Å². The summed E-state index contributed by atoms with van der Waals surface area (Å²) in [5.41, 5.74) is 0. The van der Waals surface area contributed by atoms with Crippen LogP contribution in [0.1, 0.15) is 32.1 Å². The van der Waals surface area contributed by atoms with Crippen LogP contribution in [0.25, 0.3) is 0 Å². The Hall–Kier alpha value is 0. The van der Waals surface area contributed by atoms with Crippen LogP contribution in [0.3, 0.4) is 0 Å². The second kappa shape index (κ2) is 2.32. The fourth-order valence-corrected chi connectivity index (χ4v) is 2.21. The van der Waals surface area contributed by atoms with Crippen LogP contribution in [-0.2, 0) is 0 Å². The third kappa shape index (κ3) is 0.997. The van der Waals surface area contributed by atoms with Crippen molar-refractivity contribution in [1.82, 2.24) is 0 Å². The van der Waals surface area contributed by atoms with Crippen molar-refractivity contribution < 1.29 is 0 Å². The lowest BCUT2D eigenvalue weighted by molar-refractivity contribution is 0.302. The summed E-state index contributed by atoms with van der Waals surface area (Å²) in [6, 6.07) is 0. The topological polar surface area (TPSA) is 0 Å². The number of hydrogen-bond acceptors (Lipinski definition) is 0. The first-order valence-corrected chi connectivity index (χ1v) is 4.13. The summed E-state index contributed by atoms with van der Waals surface area (Å²) in [6.07, 6.45) is 12.1. The molecule has 2 unspecified atom stereocenters. The Bertz CT molecular complexity index is 84.2. The van der Waals surface area contributed by atoms with Crippen molar-refractivity contribution in [2.24, 2.45) is 11.8 Å². The Morgan fingerprint density at radius 1 is 1.11 bits per heavy atom. The predicted molar refractivity (Wildman–Crippen MR) is 38.7 cm³/mol. The van der Waals surface area contributed by atoms with E-state index in [4.69, 9.17) is 0 Å². The van der Waals surface area contributed by atoms with Crippen LogP contribution in [0.15, 0.2) is 0 Å². The molecule has 2 saturated carbocycles. The zero-order valence-electron chi connectivity index (χ0n) is 5.84. The monoisotopic (exact) mass is 122 g/mol. The maximum atomic E-state index is 2.43. The van der Waals surface area contributed by atoms with Gasteiger partial charge in [0.25, 0.3) is 0 Å². The lowest BCUT2D eigenvalue weighted by atomic mass is 9.82. The van der Waals surface area contributed by atoms with Crippen molar-refractivity contribution in [3.8, 4) is 0 Å². The van der Waals surface area contributed by atoms with Crippen molar-refractivity contribution in [2.45, 2.75) is 32.1 Å². The fraction of sp³-hybridized carbons (Fsp3) is 0.778. The average molecular weight is 122 g/mol. The molecule has 2 rings (SSSR count). The van der Waals surface area contributed by atoms with Gasteiger partial charge in [0.05, 0.1) is 0 Å². The minimum Gasteiger partial charge on any atom is -0.0530 e. The quantitative estimate of drug-likeness (QED) is 0.463. The van der Waals surface area contributed by atoms with Gasteiger partial charge >= 0.3 is 0 Å². The lowest BCUT2D eigenvalue weighted by Gasteiger charge is -2.24. The molecule has 0 aromatic rings. The van der Waals surface area contributed by atoms with Crippen molar-refractivity contribution in [3.63, 3.8) is 0 Å². The molecule has 50 valence electrons. The van der Waals surface area contributed by atoms with E-state index in [1.165, 1.54) is 32.1 Å². The van der Waals surface area contributed by atoms with E-state index < -0.39 is 0 Å². The minimum atomic E-state index is 0.985. The molecule has 0 heteroatoms. The van der Waals surface area contributed by atoms with E-state index in [9.17, 15) is 0 Å². The average Bonchev–Trinajstić information content (AvgIpc) is 2.33. The molecule has 0 amide bonds. The Labute approximate surface area is 57.6 Å². The SMILES string of the molecule is [CH]1[CH]C2CCCCC2C1. The van der Waals surface area contributed by atoms with Crippen molar-refractivity contribution in [3.05, 3.63) is 12.8 Å². The third-order valence-corrected chi connectivity index (χ3v) is 2.79. The molecule has 0 aromatic heterocycles. The molecule has 0 heterocycles. The molecule has 2 atom stereocenters. The Morgan fingerprint density at radius 2 is 2.00 bits per heavy atom. The summed E-state index contributed by atoms with van der Waals surface area (Å²) in [7, 11) is 0. The highest BCUT2D eigenvalue weighted by Crippen LogP contribution is 2.40. The Balaban J connectivity index is 1.97. The van der Waals surface area contributed by atoms with Crippen LogP contribution in [0, 0.1) is 24.7 Å². The van der Waals surface area contributed by atoms with Gasteiger partial charge in [-0.25, -0.2) is 0 Å². The number of hydrogen-bond donors (Lipinski definition) is 0. The molecule has 0 aliphatic heterocycles. The lowest BCUT2D eigenvalue weighted by Crippen LogP contribution is -2.12. The van der Waals surface area contributed by atoms with Gasteiger partial charge in [-0.2, -0.15) is 0 Å². The highest BCUT2D eigenvalue weighted by molar-refractivity contribution is 5.03. The van der Waals surface area contributed by atoms with Crippen molar-refractivity contribution in [2.75, 3.05) is 0 Å². The van der Waals surface area contributed by atoms with Gasteiger partial charge in [0.15, 0.2) is 0 Å². The summed E-state index contributed by atoms with van der Waals surface area (Å²) in [6.45, 7) is 0. The van der Waals surface area contributed by atoms with Crippen LogP contribution >= 0.6 is 0 Å². The number of fused-ring (bicyclic) bond motifs is 1. The second-order valence-corrected chi connectivity index (χ2v) is 3.37. The summed E-state index contributed by atoms with van der Waals surface area (Å²) in [4.78, 5) is 0. The smallest absolute Gasteiger partial charge is 0.0318 e. The van der Waals surface area contributed by atoms with Gasteiger partial charge in [0.1, 0.15) is 0 Å². The molecule has 0 N–H and O–H groups in total. The Morgan fingerprint density at radius 3 is 2.89 bits per heavy atom. The molecule has 0 bridgehead atoms. The molecular formula is C9H14. The van der Waals surface area contributed by atoms with Gasteiger partial charge in [-0.15, -0.1) is 0 Å². The minimum absolute atomic E-state index is 0.985. The van der Waals surface area contributed by atoms with E-state index in [0.29, 0.717) is 0 Å². The molecule has 0 saturated heterocycles. The van der Waals surface area contributed by atoms with Crippen molar-refractivity contribution in [1.29, 1.82) is 0 Å². The molecule has 2 aliphatic carbocycles. The van der Waals surface area contributed by atoms with E-state index >= 15 is 0 Å². The number of rotatable bonds is 0. The molecule has 0 spiro atoms. The molecule has 2 radical (unpaired) electrons. The largest absolute Gasteiger partial charge is 0.0530 e. The third-order valence-electron chi connectivity index (χ3n) is 2.79. The van der Waals surface area contributed by atoms with E-state index in [1.807, 2.05) is 0 Å². The van der Waals surface area contributed by atoms with Gasteiger partial charge in [0, 0.05) is 0 Å². The van der Waals surface area contributed by atoms with Crippen LogP contribution < -0.4 is 0 Å². The standard InChI is InChI=1S/C9H14/c1-2-5-9-7-3-6-8(9)4-1/h3,6,8-9H,1-2,4-5,7H2. The first-order valence-electron chi connectivity index (χ1n) is 4.13. The maximum Gasteiger partial charge on any atom is -0.0318 e. The first kappa shape index (κ1) is 5.76. The first-order chi connectivity index (χ1) is 4.47. The Kier molecular flexibility index (Phi) is 1.48.